The van der Waals surface area contributed by atoms with Crippen molar-refractivity contribution < 1.29 is 5.11 Å². The Morgan fingerprint density at radius 2 is 2.33 bits per heavy atom. The van der Waals surface area contributed by atoms with Crippen molar-refractivity contribution in [3.63, 3.8) is 0 Å². The Kier molecular flexibility index (Phi) is 1.84. The lowest BCUT2D eigenvalue weighted by Gasteiger charge is -2.09. The van der Waals surface area contributed by atoms with Crippen LogP contribution in [0.1, 0.15) is 19.3 Å². The Labute approximate surface area is 71.2 Å². The van der Waals surface area contributed by atoms with E-state index in [4.69, 9.17) is 5.11 Å². The number of rotatable bonds is 4. The van der Waals surface area contributed by atoms with Gasteiger partial charge in [0.05, 0.1) is 0 Å². The van der Waals surface area contributed by atoms with E-state index in [0.717, 1.165) is 25.8 Å². The second-order valence-corrected chi connectivity index (χ2v) is 3.57. The van der Waals surface area contributed by atoms with E-state index in [1.54, 1.807) is 12.7 Å². The number of aliphatic hydroxyl groups excluding tert-OH is 1. The first-order valence-corrected chi connectivity index (χ1v) is 4.28. The van der Waals surface area contributed by atoms with Gasteiger partial charge in [-0.2, -0.15) is 5.10 Å². The van der Waals surface area contributed by atoms with Gasteiger partial charge in [0, 0.05) is 13.2 Å². The Balaban J connectivity index is 1.83. The molecule has 1 aromatic rings. The normalized spacial score (nSPS) is 19.4. The fourth-order valence-electron chi connectivity index (χ4n) is 1.36. The molecule has 4 nitrogen and oxygen atoms in total. The van der Waals surface area contributed by atoms with Gasteiger partial charge in [-0.1, -0.05) is 0 Å². The first-order chi connectivity index (χ1) is 5.85. The average Bonchev–Trinajstić information content (AvgIpc) is 2.70. The average molecular weight is 167 g/mol. The van der Waals surface area contributed by atoms with E-state index in [1.165, 1.54) is 0 Å². The molecule has 0 unspecified atom stereocenters. The maximum Gasteiger partial charge on any atom is 0.137 e. The number of aromatic nitrogens is 3. The summed E-state index contributed by atoms with van der Waals surface area (Å²) >= 11 is 0. The first-order valence-electron chi connectivity index (χ1n) is 4.28. The maximum atomic E-state index is 9.04. The zero-order chi connectivity index (χ0) is 8.44. The van der Waals surface area contributed by atoms with Crippen LogP contribution in [0.4, 0.5) is 0 Å². The van der Waals surface area contributed by atoms with Crippen LogP contribution < -0.4 is 0 Å². The molecule has 1 aliphatic rings. The second-order valence-electron chi connectivity index (χ2n) is 3.57. The Morgan fingerprint density at radius 3 is 2.83 bits per heavy atom. The molecule has 1 aromatic heterocycles. The van der Waals surface area contributed by atoms with Crippen molar-refractivity contribution in [1.29, 1.82) is 0 Å². The number of nitrogens with zero attached hydrogens (tertiary/aromatic N) is 3. The van der Waals surface area contributed by atoms with Gasteiger partial charge in [0.25, 0.3) is 0 Å². The van der Waals surface area contributed by atoms with Gasteiger partial charge in [-0.25, -0.2) is 4.98 Å². The minimum atomic E-state index is 0.228. The van der Waals surface area contributed by atoms with E-state index >= 15 is 0 Å². The Hall–Kier alpha value is -0.900. The van der Waals surface area contributed by atoms with Crippen LogP contribution in [0.5, 0.6) is 0 Å². The van der Waals surface area contributed by atoms with Gasteiger partial charge in [-0.3, -0.25) is 4.68 Å². The summed E-state index contributed by atoms with van der Waals surface area (Å²) in [5.41, 5.74) is 0.228. The van der Waals surface area contributed by atoms with Crippen molar-refractivity contribution in [3.05, 3.63) is 12.7 Å². The summed E-state index contributed by atoms with van der Waals surface area (Å²) in [6.07, 6.45) is 6.61. The summed E-state index contributed by atoms with van der Waals surface area (Å²) in [7, 11) is 0. The summed E-state index contributed by atoms with van der Waals surface area (Å²) in [5.74, 6) is 0. The van der Waals surface area contributed by atoms with Crippen LogP contribution in [0.15, 0.2) is 12.7 Å². The van der Waals surface area contributed by atoms with Crippen molar-refractivity contribution in [2.45, 2.75) is 25.8 Å². The zero-order valence-corrected chi connectivity index (χ0v) is 6.98. The highest BCUT2D eigenvalue weighted by molar-refractivity contribution is 4.91. The lowest BCUT2D eigenvalue weighted by atomic mass is 10.0. The minimum Gasteiger partial charge on any atom is -0.396 e. The topological polar surface area (TPSA) is 50.9 Å². The molecule has 1 saturated carbocycles. The number of aryl methyl sites for hydroxylation is 1. The van der Waals surface area contributed by atoms with Gasteiger partial charge in [0.15, 0.2) is 0 Å². The van der Waals surface area contributed by atoms with Crippen molar-refractivity contribution in [3.8, 4) is 0 Å². The molecule has 0 atom stereocenters. The van der Waals surface area contributed by atoms with E-state index < -0.39 is 0 Å². The van der Waals surface area contributed by atoms with Crippen molar-refractivity contribution in [2.75, 3.05) is 6.61 Å². The summed E-state index contributed by atoms with van der Waals surface area (Å²) in [6.45, 7) is 1.20. The van der Waals surface area contributed by atoms with Crippen LogP contribution in [0.3, 0.4) is 0 Å². The van der Waals surface area contributed by atoms with Crippen LogP contribution in [0.25, 0.3) is 0 Å². The predicted molar refractivity (Wildman–Crippen MR) is 43.4 cm³/mol. The molecule has 12 heavy (non-hydrogen) atoms. The third-order valence-electron chi connectivity index (χ3n) is 2.63. The van der Waals surface area contributed by atoms with E-state index in [-0.39, 0.29) is 5.41 Å². The maximum absolute atomic E-state index is 9.04. The van der Waals surface area contributed by atoms with E-state index in [2.05, 4.69) is 10.1 Å². The summed E-state index contributed by atoms with van der Waals surface area (Å²) in [6, 6.07) is 0. The molecule has 0 radical (unpaired) electrons. The molecule has 0 aliphatic heterocycles. The van der Waals surface area contributed by atoms with E-state index in [0.29, 0.717) is 6.61 Å². The monoisotopic (exact) mass is 167 g/mol. The molecule has 1 heterocycles. The highest BCUT2D eigenvalue weighted by Gasteiger charge is 2.41. The van der Waals surface area contributed by atoms with Gasteiger partial charge in [0.1, 0.15) is 12.7 Å². The third-order valence-corrected chi connectivity index (χ3v) is 2.63. The van der Waals surface area contributed by atoms with Crippen molar-refractivity contribution in [2.24, 2.45) is 5.41 Å². The van der Waals surface area contributed by atoms with Crippen LogP contribution in [0, 0.1) is 5.41 Å². The summed E-state index contributed by atoms with van der Waals surface area (Å²) in [4.78, 5) is 3.86. The number of aliphatic hydroxyl groups is 1. The largest absolute Gasteiger partial charge is 0.396 e. The van der Waals surface area contributed by atoms with Crippen LogP contribution in [-0.4, -0.2) is 26.5 Å². The molecule has 0 aromatic carbocycles. The van der Waals surface area contributed by atoms with Gasteiger partial charge >= 0.3 is 0 Å². The van der Waals surface area contributed by atoms with Crippen molar-refractivity contribution in [1.82, 2.24) is 14.8 Å². The Morgan fingerprint density at radius 1 is 1.50 bits per heavy atom. The summed E-state index contributed by atoms with van der Waals surface area (Å²) in [5, 5.41) is 13.0. The van der Waals surface area contributed by atoms with Crippen LogP contribution in [0.2, 0.25) is 0 Å². The zero-order valence-electron chi connectivity index (χ0n) is 6.98. The Bertz CT molecular complexity index is 241. The fraction of sp³-hybridized carbons (Fsp3) is 0.750. The van der Waals surface area contributed by atoms with Gasteiger partial charge in [0.2, 0.25) is 0 Å². The smallest absolute Gasteiger partial charge is 0.137 e. The molecule has 4 heteroatoms. The van der Waals surface area contributed by atoms with Gasteiger partial charge in [-0.05, 0) is 24.7 Å². The number of hydrogen-bond donors (Lipinski definition) is 1. The molecular formula is C8H13N3O. The molecule has 0 spiro atoms. The highest BCUT2D eigenvalue weighted by atomic mass is 16.3. The highest BCUT2D eigenvalue weighted by Crippen LogP contribution is 2.48. The third kappa shape index (κ3) is 1.48. The quantitative estimate of drug-likeness (QED) is 0.708. The molecule has 66 valence electrons. The van der Waals surface area contributed by atoms with Crippen molar-refractivity contribution >= 4 is 0 Å². The molecule has 0 amide bonds. The van der Waals surface area contributed by atoms with Crippen LogP contribution >= 0.6 is 0 Å². The molecule has 1 fully saturated rings. The molecule has 1 N–H and O–H groups in total. The first kappa shape index (κ1) is 7.73. The van der Waals surface area contributed by atoms with Gasteiger partial charge in [-0.15, -0.1) is 0 Å². The lowest BCUT2D eigenvalue weighted by Crippen LogP contribution is -2.11. The molecule has 0 saturated heterocycles. The van der Waals surface area contributed by atoms with E-state index in [9.17, 15) is 0 Å². The van der Waals surface area contributed by atoms with E-state index in [1.807, 2.05) is 4.68 Å². The standard InChI is InChI=1S/C8H13N3O/c12-5-8(1-2-8)3-4-11-7-9-6-10-11/h6-7,12H,1-5H2. The SMILES string of the molecule is OCC1(CCn2cncn2)CC1. The molecule has 0 bridgehead atoms. The summed E-state index contributed by atoms with van der Waals surface area (Å²) < 4.78 is 1.82. The lowest BCUT2D eigenvalue weighted by molar-refractivity contribution is 0.196. The molecule has 2 rings (SSSR count). The van der Waals surface area contributed by atoms with Crippen LogP contribution in [-0.2, 0) is 6.54 Å². The predicted octanol–water partition coefficient (Wildman–Crippen LogP) is 0.441. The second kappa shape index (κ2) is 2.86. The molecular weight excluding hydrogens is 154 g/mol. The van der Waals surface area contributed by atoms with Gasteiger partial charge < -0.3 is 5.11 Å². The number of hydrogen-bond acceptors (Lipinski definition) is 3. The fourth-order valence-corrected chi connectivity index (χ4v) is 1.36. The molecule has 1 aliphatic carbocycles. The minimum absolute atomic E-state index is 0.228.